The summed E-state index contributed by atoms with van der Waals surface area (Å²) in [6.45, 7) is 6.78. The zero-order chi connectivity index (χ0) is 12.2. The third-order valence-electron chi connectivity index (χ3n) is 3.42. The van der Waals surface area contributed by atoms with Crippen LogP contribution in [0.15, 0.2) is 0 Å². The number of unbranched alkanes of at least 4 members (excludes halogenated alkanes) is 4. The molecule has 0 radical (unpaired) electrons. The quantitative estimate of drug-likeness (QED) is 0.497. The minimum absolute atomic E-state index is 0.0408. The Morgan fingerprint density at radius 1 is 0.750 bits per heavy atom. The molecule has 0 saturated heterocycles. The minimum atomic E-state index is -0.0408. The SMILES string of the molecule is CCCCCCCC(O)CCC(C)CCC. The normalized spacial score (nSPS) is 15.0. The van der Waals surface area contributed by atoms with E-state index in [0.717, 1.165) is 18.8 Å². The smallest absolute Gasteiger partial charge is 0.0540 e. The molecule has 98 valence electrons. The third-order valence-corrected chi connectivity index (χ3v) is 3.42. The molecule has 0 amide bonds. The van der Waals surface area contributed by atoms with E-state index in [4.69, 9.17) is 0 Å². The van der Waals surface area contributed by atoms with Crippen molar-refractivity contribution in [3.63, 3.8) is 0 Å². The van der Waals surface area contributed by atoms with Gasteiger partial charge in [-0.05, 0) is 25.2 Å². The highest BCUT2D eigenvalue weighted by Crippen LogP contribution is 2.16. The Kier molecular flexibility index (Phi) is 11.4. The molecule has 0 saturated carbocycles. The average molecular weight is 228 g/mol. The summed E-state index contributed by atoms with van der Waals surface area (Å²) in [7, 11) is 0. The molecule has 0 spiro atoms. The minimum Gasteiger partial charge on any atom is -0.393 e. The van der Waals surface area contributed by atoms with Gasteiger partial charge in [0.2, 0.25) is 0 Å². The lowest BCUT2D eigenvalue weighted by Gasteiger charge is -2.14. The second-order valence-electron chi connectivity index (χ2n) is 5.33. The molecule has 0 aliphatic rings. The first-order chi connectivity index (χ1) is 7.70. The molecule has 0 aliphatic heterocycles. The summed E-state index contributed by atoms with van der Waals surface area (Å²) in [5.41, 5.74) is 0. The summed E-state index contributed by atoms with van der Waals surface area (Å²) in [6.07, 6.45) is 12.3. The Morgan fingerprint density at radius 2 is 1.44 bits per heavy atom. The van der Waals surface area contributed by atoms with Crippen molar-refractivity contribution in [3.05, 3.63) is 0 Å². The predicted molar refractivity (Wildman–Crippen MR) is 72.7 cm³/mol. The predicted octanol–water partition coefficient (Wildman–Crippen LogP) is 4.92. The van der Waals surface area contributed by atoms with E-state index in [0.29, 0.717) is 0 Å². The van der Waals surface area contributed by atoms with E-state index in [9.17, 15) is 5.11 Å². The molecule has 16 heavy (non-hydrogen) atoms. The van der Waals surface area contributed by atoms with Crippen LogP contribution in [0.25, 0.3) is 0 Å². The zero-order valence-corrected chi connectivity index (χ0v) is 11.7. The summed E-state index contributed by atoms with van der Waals surface area (Å²) in [4.78, 5) is 0. The Bertz CT molecular complexity index is 133. The molecular formula is C15H32O. The van der Waals surface area contributed by atoms with E-state index in [-0.39, 0.29) is 6.10 Å². The fourth-order valence-corrected chi connectivity index (χ4v) is 2.24. The summed E-state index contributed by atoms with van der Waals surface area (Å²) >= 11 is 0. The maximum Gasteiger partial charge on any atom is 0.0540 e. The topological polar surface area (TPSA) is 20.2 Å². The standard InChI is InChI=1S/C15H32O/c1-4-6-7-8-9-11-15(16)13-12-14(3)10-5-2/h14-16H,4-13H2,1-3H3. The molecule has 1 nitrogen and oxygen atoms in total. The maximum absolute atomic E-state index is 9.82. The number of hydrogen-bond donors (Lipinski definition) is 1. The van der Waals surface area contributed by atoms with Crippen molar-refractivity contribution in [2.24, 2.45) is 5.92 Å². The van der Waals surface area contributed by atoms with Gasteiger partial charge in [-0.15, -0.1) is 0 Å². The summed E-state index contributed by atoms with van der Waals surface area (Å²) in [5.74, 6) is 0.791. The zero-order valence-electron chi connectivity index (χ0n) is 11.7. The lowest BCUT2D eigenvalue weighted by molar-refractivity contribution is 0.141. The molecule has 0 bridgehead atoms. The van der Waals surface area contributed by atoms with Crippen LogP contribution >= 0.6 is 0 Å². The average Bonchev–Trinajstić information content (AvgIpc) is 2.26. The van der Waals surface area contributed by atoms with Crippen molar-refractivity contribution >= 4 is 0 Å². The molecule has 0 aromatic carbocycles. The van der Waals surface area contributed by atoms with Gasteiger partial charge in [-0.3, -0.25) is 0 Å². The van der Waals surface area contributed by atoms with Crippen molar-refractivity contribution in [2.45, 2.75) is 91.1 Å². The van der Waals surface area contributed by atoms with Gasteiger partial charge in [0.15, 0.2) is 0 Å². The third kappa shape index (κ3) is 10.5. The number of aliphatic hydroxyl groups is 1. The van der Waals surface area contributed by atoms with Crippen molar-refractivity contribution in [1.29, 1.82) is 0 Å². The van der Waals surface area contributed by atoms with Gasteiger partial charge in [0.25, 0.3) is 0 Å². The van der Waals surface area contributed by atoms with Gasteiger partial charge in [-0.1, -0.05) is 65.7 Å². The van der Waals surface area contributed by atoms with Crippen LogP contribution in [0.2, 0.25) is 0 Å². The van der Waals surface area contributed by atoms with E-state index in [1.165, 1.54) is 51.4 Å². The van der Waals surface area contributed by atoms with Gasteiger partial charge in [0, 0.05) is 0 Å². The largest absolute Gasteiger partial charge is 0.393 e. The molecule has 1 N–H and O–H groups in total. The second-order valence-corrected chi connectivity index (χ2v) is 5.33. The molecule has 2 atom stereocenters. The monoisotopic (exact) mass is 228 g/mol. The van der Waals surface area contributed by atoms with E-state index >= 15 is 0 Å². The number of aliphatic hydroxyl groups excluding tert-OH is 1. The highest BCUT2D eigenvalue weighted by atomic mass is 16.3. The van der Waals surface area contributed by atoms with Crippen LogP contribution in [0, 0.1) is 5.92 Å². The Balaban J connectivity index is 3.27. The van der Waals surface area contributed by atoms with E-state index in [1.54, 1.807) is 0 Å². The Hall–Kier alpha value is -0.0400. The molecule has 2 unspecified atom stereocenters. The van der Waals surface area contributed by atoms with Gasteiger partial charge >= 0.3 is 0 Å². The van der Waals surface area contributed by atoms with E-state index in [1.807, 2.05) is 0 Å². The summed E-state index contributed by atoms with van der Waals surface area (Å²) < 4.78 is 0. The fourth-order valence-electron chi connectivity index (χ4n) is 2.24. The highest BCUT2D eigenvalue weighted by Gasteiger charge is 2.07. The van der Waals surface area contributed by atoms with Gasteiger partial charge < -0.3 is 5.11 Å². The van der Waals surface area contributed by atoms with Crippen LogP contribution < -0.4 is 0 Å². The van der Waals surface area contributed by atoms with Gasteiger partial charge in [-0.25, -0.2) is 0 Å². The summed E-state index contributed by atoms with van der Waals surface area (Å²) in [5, 5.41) is 9.82. The van der Waals surface area contributed by atoms with Crippen molar-refractivity contribution in [1.82, 2.24) is 0 Å². The van der Waals surface area contributed by atoms with E-state index < -0.39 is 0 Å². The number of rotatable bonds is 11. The van der Waals surface area contributed by atoms with Crippen LogP contribution in [0.4, 0.5) is 0 Å². The lowest BCUT2D eigenvalue weighted by atomic mass is 9.96. The Morgan fingerprint density at radius 3 is 2.06 bits per heavy atom. The van der Waals surface area contributed by atoms with E-state index in [2.05, 4.69) is 20.8 Å². The Labute approximate surface area is 103 Å². The molecule has 0 fully saturated rings. The van der Waals surface area contributed by atoms with Gasteiger partial charge in [0.05, 0.1) is 6.10 Å². The van der Waals surface area contributed by atoms with Crippen LogP contribution in [-0.2, 0) is 0 Å². The molecule has 0 aromatic rings. The van der Waals surface area contributed by atoms with Gasteiger partial charge in [-0.2, -0.15) is 0 Å². The molecule has 1 heteroatoms. The number of hydrogen-bond acceptors (Lipinski definition) is 1. The lowest BCUT2D eigenvalue weighted by Crippen LogP contribution is -2.08. The van der Waals surface area contributed by atoms with Crippen LogP contribution in [0.1, 0.15) is 85.0 Å². The molecule has 0 aromatic heterocycles. The molecule has 0 rings (SSSR count). The first kappa shape index (κ1) is 16.0. The summed E-state index contributed by atoms with van der Waals surface area (Å²) in [6, 6.07) is 0. The second kappa shape index (κ2) is 11.4. The van der Waals surface area contributed by atoms with Crippen LogP contribution in [-0.4, -0.2) is 11.2 Å². The van der Waals surface area contributed by atoms with Crippen LogP contribution in [0.3, 0.4) is 0 Å². The van der Waals surface area contributed by atoms with Gasteiger partial charge in [0.1, 0.15) is 0 Å². The maximum atomic E-state index is 9.82. The van der Waals surface area contributed by atoms with Crippen molar-refractivity contribution < 1.29 is 5.11 Å². The first-order valence-electron chi connectivity index (χ1n) is 7.38. The fraction of sp³-hybridized carbons (Fsp3) is 1.00. The molecule has 0 aliphatic carbocycles. The van der Waals surface area contributed by atoms with Crippen molar-refractivity contribution in [3.8, 4) is 0 Å². The highest BCUT2D eigenvalue weighted by molar-refractivity contribution is 4.60. The molecule has 0 heterocycles. The van der Waals surface area contributed by atoms with Crippen LogP contribution in [0.5, 0.6) is 0 Å². The molecular weight excluding hydrogens is 196 g/mol. The first-order valence-corrected chi connectivity index (χ1v) is 7.38. The van der Waals surface area contributed by atoms with Crippen molar-refractivity contribution in [2.75, 3.05) is 0 Å².